The molecule has 104 valence electrons. The van der Waals surface area contributed by atoms with Crippen molar-refractivity contribution in [2.45, 2.75) is 6.92 Å². The number of oxime groups is 1. The molecule has 0 fully saturated rings. The fourth-order valence-electron chi connectivity index (χ4n) is 1.82. The van der Waals surface area contributed by atoms with E-state index in [4.69, 9.17) is 20.4 Å². The van der Waals surface area contributed by atoms with Gasteiger partial charge in [-0.05, 0) is 55.0 Å². The molecule has 5 nitrogen and oxygen atoms in total. The van der Waals surface area contributed by atoms with Crippen LogP contribution in [0.5, 0.6) is 17.2 Å². The maximum Gasteiger partial charge on any atom is 0.170 e. The summed E-state index contributed by atoms with van der Waals surface area (Å²) in [7, 11) is 1.62. The summed E-state index contributed by atoms with van der Waals surface area (Å²) >= 11 is 0. The van der Waals surface area contributed by atoms with Gasteiger partial charge in [0.1, 0.15) is 17.2 Å². The molecule has 0 aliphatic rings. The molecule has 5 heteroatoms. The molecule has 0 saturated heterocycles. The van der Waals surface area contributed by atoms with E-state index < -0.39 is 0 Å². The number of amidine groups is 1. The fraction of sp³-hybridized carbons (Fsp3) is 0.133. The Hall–Kier alpha value is -2.69. The van der Waals surface area contributed by atoms with Crippen molar-refractivity contribution in [2.75, 3.05) is 7.11 Å². The summed E-state index contributed by atoms with van der Waals surface area (Å²) in [6.45, 7) is 1.87. The molecule has 0 aromatic heterocycles. The first-order valence-corrected chi connectivity index (χ1v) is 6.04. The molecule has 0 radical (unpaired) electrons. The molecule has 0 spiro atoms. The largest absolute Gasteiger partial charge is 0.497 e. The minimum Gasteiger partial charge on any atom is -0.497 e. The molecule has 2 aromatic rings. The van der Waals surface area contributed by atoms with Gasteiger partial charge in [-0.15, -0.1) is 0 Å². The van der Waals surface area contributed by atoms with Crippen molar-refractivity contribution in [3.8, 4) is 17.2 Å². The smallest absolute Gasteiger partial charge is 0.170 e. The fourth-order valence-corrected chi connectivity index (χ4v) is 1.82. The summed E-state index contributed by atoms with van der Waals surface area (Å²) in [5, 5.41) is 11.7. The van der Waals surface area contributed by atoms with Crippen molar-refractivity contribution < 1.29 is 14.7 Å². The number of aryl methyl sites for hydroxylation is 1. The van der Waals surface area contributed by atoms with Crippen LogP contribution in [0.3, 0.4) is 0 Å². The standard InChI is InChI=1S/C15H16N2O3/c1-10-9-13(7-8-14(10)15(16)17-18)20-12-5-3-11(19-2)4-6-12/h3-9,18H,1-2H3,(H2,16,17). The van der Waals surface area contributed by atoms with Crippen molar-refractivity contribution in [3.63, 3.8) is 0 Å². The van der Waals surface area contributed by atoms with Crippen LogP contribution < -0.4 is 15.2 Å². The first-order valence-electron chi connectivity index (χ1n) is 6.04. The van der Waals surface area contributed by atoms with E-state index in [2.05, 4.69) is 5.16 Å². The number of hydrogen-bond acceptors (Lipinski definition) is 4. The van der Waals surface area contributed by atoms with Gasteiger partial charge in [-0.3, -0.25) is 0 Å². The molecule has 0 aliphatic heterocycles. The van der Waals surface area contributed by atoms with E-state index >= 15 is 0 Å². The summed E-state index contributed by atoms with van der Waals surface area (Å²) in [5.74, 6) is 2.25. The number of ether oxygens (including phenoxy) is 2. The Morgan fingerprint density at radius 2 is 1.65 bits per heavy atom. The Balaban J connectivity index is 2.19. The summed E-state index contributed by atoms with van der Waals surface area (Å²) in [4.78, 5) is 0. The second-order valence-electron chi connectivity index (χ2n) is 4.24. The summed E-state index contributed by atoms with van der Waals surface area (Å²) < 4.78 is 10.8. The van der Waals surface area contributed by atoms with E-state index in [1.54, 1.807) is 19.2 Å². The molecule has 0 unspecified atom stereocenters. The van der Waals surface area contributed by atoms with Crippen LogP contribution in [0.15, 0.2) is 47.6 Å². The number of hydrogen-bond donors (Lipinski definition) is 2. The lowest BCUT2D eigenvalue weighted by Gasteiger charge is -2.09. The Labute approximate surface area is 117 Å². The summed E-state index contributed by atoms with van der Waals surface area (Å²) in [5.41, 5.74) is 7.12. The monoisotopic (exact) mass is 272 g/mol. The highest BCUT2D eigenvalue weighted by Crippen LogP contribution is 2.25. The predicted octanol–water partition coefficient (Wildman–Crippen LogP) is 2.89. The second-order valence-corrected chi connectivity index (χ2v) is 4.24. The summed E-state index contributed by atoms with van der Waals surface area (Å²) in [6.07, 6.45) is 0. The minimum atomic E-state index is 0.0819. The van der Waals surface area contributed by atoms with Gasteiger partial charge in [0.15, 0.2) is 5.84 Å². The van der Waals surface area contributed by atoms with Gasteiger partial charge in [0.05, 0.1) is 7.11 Å². The molecule has 0 bridgehead atoms. The molecule has 0 atom stereocenters. The van der Waals surface area contributed by atoms with Crippen molar-refractivity contribution in [3.05, 3.63) is 53.6 Å². The van der Waals surface area contributed by atoms with Crippen LogP contribution in [-0.2, 0) is 0 Å². The third-order valence-electron chi connectivity index (χ3n) is 2.88. The van der Waals surface area contributed by atoms with E-state index in [-0.39, 0.29) is 5.84 Å². The van der Waals surface area contributed by atoms with Crippen molar-refractivity contribution >= 4 is 5.84 Å². The zero-order chi connectivity index (χ0) is 14.5. The Kier molecular flexibility index (Phi) is 4.10. The van der Waals surface area contributed by atoms with Crippen LogP contribution >= 0.6 is 0 Å². The maximum atomic E-state index is 8.69. The zero-order valence-corrected chi connectivity index (χ0v) is 11.3. The lowest BCUT2D eigenvalue weighted by molar-refractivity contribution is 0.318. The molecule has 0 amide bonds. The van der Waals surface area contributed by atoms with Gasteiger partial charge in [0, 0.05) is 5.56 Å². The Morgan fingerprint density at radius 1 is 1.05 bits per heavy atom. The Bertz CT molecular complexity index is 622. The van der Waals surface area contributed by atoms with Crippen LogP contribution in [0.2, 0.25) is 0 Å². The van der Waals surface area contributed by atoms with Crippen molar-refractivity contribution in [2.24, 2.45) is 10.9 Å². The number of methoxy groups -OCH3 is 1. The van der Waals surface area contributed by atoms with E-state index in [1.165, 1.54) is 0 Å². The quantitative estimate of drug-likeness (QED) is 0.388. The normalized spacial score (nSPS) is 11.2. The first kappa shape index (κ1) is 13.7. The van der Waals surface area contributed by atoms with Crippen LogP contribution in [0.4, 0.5) is 0 Å². The number of rotatable bonds is 4. The lowest BCUT2D eigenvalue weighted by Crippen LogP contribution is -2.14. The average Bonchev–Trinajstić information content (AvgIpc) is 2.47. The van der Waals surface area contributed by atoms with Crippen molar-refractivity contribution in [1.82, 2.24) is 0 Å². The van der Waals surface area contributed by atoms with Crippen LogP contribution in [0.1, 0.15) is 11.1 Å². The number of nitrogens with zero attached hydrogens (tertiary/aromatic N) is 1. The molecular formula is C15H16N2O3. The van der Waals surface area contributed by atoms with Gasteiger partial charge in [-0.25, -0.2) is 0 Å². The van der Waals surface area contributed by atoms with Gasteiger partial charge in [0.25, 0.3) is 0 Å². The molecule has 0 aliphatic carbocycles. The lowest BCUT2D eigenvalue weighted by atomic mass is 10.1. The van der Waals surface area contributed by atoms with Gasteiger partial charge in [-0.1, -0.05) is 5.16 Å². The highest BCUT2D eigenvalue weighted by atomic mass is 16.5. The zero-order valence-electron chi connectivity index (χ0n) is 11.3. The minimum absolute atomic E-state index is 0.0819. The van der Waals surface area contributed by atoms with Gasteiger partial charge in [-0.2, -0.15) is 0 Å². The molecule has 0 heterocycles. The van der Waals surface area contributed by atoms with E-state index in [0.717, 1.165) is 11.3 Å². The SMILES string of the molecule is COc1ccc(Oc2ccc(/C(N)=N/O)c(C)c2)cc1. The van der Waals surface area contributed by atoms with Crippen LogP contribution in [0.25, 0.3) is 0 Å². The van der Waals surface area contributed by atoms with Crippen LogP contribution in [0, 0.1) is 6.92 Å². The van der Waals surface area contributed by atoms with Gasteiger partial charge >= 0.3 is 0 Å². The van der Waals surface area contributed by atoms with E-state index in [0.29, 0.717) is 17.1 Å². The van der Waals surface area contributed by atoms with E-state index in [9.17, 15) is 0 Å². The van der Waals surface area contributed by atoms with Crippen molar-refractivity contribution in [1.29, 1.82) is 0 Å². The third-order valence-corrected chi connectivity index (χ3v) is 2.88. The topological polar surface area (TPSA) is 77.1 Å². The molecule has 2 aromatic carbocycles. The van der Waals surface area contributed by atoms with E-state index in [1.807, 2.05) is 37.3 Å². The Morgan fingerprint density at radius 3 is 2.20 bits per heavy atom. The molecule has 0 saturated carbocycles. The van der Waals surface area contributed by atoms with Gasteiger partial charge < -0.3 is 20.4 Å². The van der Waals surface area contributed by atoms with Crippen LogP contribution in [-0.4, -0.2) is 18.2 Å². The van der Waals surface area contributed by atoms with Gasteiger partial charge in [0.2, 0.25) is 0 Å². The maximum absolute atomic E-state index is 8.69. The predicted molar refractivity (Wildman–Crippen MR) is 76.8 cm³/mol. The third kappa shape index (κ3) is 3.00. The molecular weight excluding hydrogens is 256 g/mol. The highest BCUT2D eigenvalue weighted by molar-refractivity contribution is 5.98. The first-order chi connectivity index (χ1) is 9.63. The number of nitrogens with two attached hydrogens (primary N) is 1. The number of benzene rings is 2. The summed E-state index contributed by atoms with van der Waals surface area (Å²) in [6, 6.07) is 12.7. The highest BCUT2D eigenvalue weighted by Gasteiger charge is 2.06. The average molecular weight is 272 g/mol. The molecule has 20 heavy (non-hydrogen) atoms. The molecule has 2 rings (SSSR count). The molecule has 3 N–H and O–H groups in total. The second kappa shape index (κ2) is 5.97.